The molecule has 0 saturated heterocycles. The van der Waals surface area contributed by atoms with E-state index in [1.165, 1.54) is 0 Å². The van der Waals surface area contributed by atoms with Crippen LogP contribution in [0, 0.1) is 0 Å². The van der Waals surface area contributed by atoms with E-state index in [0.717, 1.165) is 12.8 Å². The van der Waals surface area contributed by atoms with Crippen LogP contribution in [-0.2, 0) is 4.79 Å². The lowest BCUT2D eigenvalue weighted by Gasteiger charge is -2.19. The van der Waals surface area contributed by atoms with Gasteiger partial charge in [-0.05, 0) is 19.4 Å². The van der Waals surface area contributed by atoms with Crippen LogP contribution < -0.4 is 16.6 Å². The molecule has 0 unspecified atom stereocenters. The average Bonchev–Trinajstić information content (AvgIpc) is 2.17. The van der Waals surface area contributed by atoms with E-state index in [-0.39, 0.29) is 6.73 Å². The molecule has 0 rings (SSSR count). The Labute approximate surface area is 97.4 Å². The normalized spacial score (nSPS) is 12.6. The molecule has 0 aliphatic heterocycles. The van der Waals surface area contributed by atoms with Crippen molar-refractivity contribution < 1.29 is 19.5 Å². The van der Waals surface area contributed by atoms with Crippen molar-refractivity contribution in [3.63, 3.8) is 0 Å². The highest BCUT2D eigenvalue weighted by atomic mass is 16.4. The first-order valence-corrected chi connectivity index (χ1v) is 5.32. The van der Waals surface area contributed by atoms with Gasteiger partial charge >= 0.3 is 0 Å². The fourth-order valence-corrected chi connectivity index (χ4v) is 0.626. The molecule has 0 aromatic heterocycles. The van der Waals surface area contributed by atoms with Gasteiger partial charge in [0.2, 0.25) is 0 Å². The molecular weight excluding hydrogens is 210 g/mol. The van der Waals surface area contributed by atoms with Crippen LogP contribution in [-0.4, -0.2) is 56.0 Å². The fourth-order valence-electron chi connectivity index (χ4n) is 0.626. The van der Waals surface area contributed by atoms with Crippen molar-refractivity contribution in [2.45, 2.75) is 25.3 Å². The zero-order valence-corrected chi connectivity index (χ0v) is 10.5. The van der Waals surface area contributed by atoms with Gasteiger partial charge in [0, 0.05) is 6.04 Å². The van der Waals surface area contributed by atoms with Crippen LogP contribution in [0.25, 0.3) is 0 Å². The summed E-state index contributed by atoms with van der Waals surface area (Å²) in [5.74, 6) is -1.18. The lowest BCUT2D eigenvalue weighted by molar-refractivity contribution is -0.889. The lowest BCUT2D eigenvalue weighted by Crippen LogP contribution is -2.41. The lowest BCUT2D eigenvalue weighted by atomic mass is 10.1. The van der Waals surface area contributed by atoms with E-state index in [2.05, 4.69) is 0 Å². The number of nitrogens with zero attached hydrogens (tertiary/aromatic N) is 1. The molecule has 0 spiro atoms. The quantitative estimate of drug-likeness (QED) is 0.276. The van der Waals surface area contributed by atoms with E-state index in [9.17, 15) is 9.90 Å². The van der Waals surface area contributed by atoms with Crippen molar-refractivity contribution in [3.05, 3.63) is 0 Å². The second-order valence-corrected chi connectivity index (χ2v) is 4.64. The third-order valence-corrected chi connectivity index (χ3v) is 1.70. The first kappa shape index (κ1) is 17.7. The third kappa shape index (κ3) is 15.8. The molecule has 0 heterocycles. The minimum atomic E-state index is -1.18. The molecule has 0 aromatic rings. The van der Waals surface area contributed by atoms with Gasteiger partial charge in [-0.25, -0.2) is 0 Å². The van der Waals surface area contributed by atoms with Crippen LogP contribution in [0.15, 0.2) is 0 Å². The Morgan fingerprint density at radius 3 is 2.06 bits per heavy atom. The number of aliphatic hydroxyl groups is 1. The number of carboxylic acid groups (broad SMARTS) is 1. The molecule has 0 saturated carbocycles. The van der Waals surface area contributed by atoms with E-state index in [4.69, 9.17) is 16.6 Å². The number of nitrogens with two attached hydrogens (primary N) is 2. The van der Waals surface area contributed by atoms with Crippen LogP contribution >= 0.6 is 0 Å². The predicted octanol–water partition coefficient (Wildman–Crippen LogP) is -2.16. The Hall–Kier alpha value is -0.690. The second kappa shape index (κ2) is 9.53. The van der Waals surface area contributed by atoms with Gasteiger partial charge in [0.25, 0.3) is 0 Å². The van der Waals surface area contributed by atoms with Gasteiger partial charge in [-0.2, -0.15) is 0 Å². The zero-order chi connectivity index (χ0) is 13.2. The van der Waals surface area contributed by atoms with Crippen LogP contribution in [0.2, 0.25) is 0 Å². The van der Waals surface area contributed by atoms with Crippen molar-refractivity contribution in [2.24, 2.45) is 11.5 Å². The fraction of sp³-hybridized carbons (Fsp3) is 0.900. The molecule has 0 amide bonds. The molecular formula is C10H25N3O3. The summed E-state index contributed by atoms with van der Waals surface area (Å²) in [6.45, 7) is 0.791. The Bertz CT molecular complexity index is 181. The third-order valence-electron chi connectivity index (χ3n) is 1.70. The summed E-state index contributed by atoms with van der Waals surface area (Å²) in [5.41, 5.74) is 10.3. The summed E-state index contributed by atoms with van der Waals surface area (Å²) in [6, 6.07) is -0.827. The van der Waals surface area contributed by atoms with Gasteiger partial charge in [0.1, 0.15) is 0 Å². The molecule has 0 aromatic carbocycles. The molecule has 0 fully saturated rings. The molecule has 0 aliphatic carbocycles. The highest BCUT2D eigenvalue weighted by Gasteiger charge is 2.00. The Morgan fingerprint density at radius 1 is 1.38 bits per heavy atom. The number of carbonyl (C=O) groups excluding carboxylic acids is 1. The van der Waals surface area contributed by atoms with Crippen LogP contribution in [0.3, 0.4) is 0 Å². The summed E-state index contributed by atoms with van der Waals surface area (Å²) in [7, 11) is 5.79. The SMILES string of the molecule is C[N+](C)(C)CO.NCCCC[C@H](N)C(=O)[O-]. The predicted molar refractivity (Wildman–Crippen MR) is 61.0 cm³/mol. The first-order chi connectivity index (χ1) is 7.24. The van der Waals surface area contributed by atoms with Crippen molar-refractivity contribution >= 4 is 5.97 Å². The largest absolute Gasteiger partial charge is 0.548 e. The van der Waals surface area contributed by atoms with Gasteiger partial charge in [-0.3, -0.25) is 0 Å². The first-order valence-electron chi connectivity index (χ1n) is 5.32. The number of rotatable bonds is 6. The number of aliphatic carboxylic acids is 1. The molecule has 6 nitrogen and oxygen atoms in total. The molecule has 98 valence electrons. The van der Waals surface area contributed by atoms with Crippen LogP contribution in [0.5, 0.6) is 0 Å². The van der Waals surface area contributed by atoms with Crippen molar-refractivity contribution in [3.8, 4) is 0 Å². The number of quaternary nitrogens is 1. The number of hydrogen-bond acceptors (Lipinski definition) is 5. The van der Waals surface area contributed by atoms with Gasteiger partial charge in [-0.15, -0.1) is 0 Å². The molecule has 16 heavy (non-hydrogen) atoms. The number of hydrogen-bond donors (Lipinski definition) is 3. The zero-order valence-electron chi connectivity index (χ0n) is 10.5. The molecule has 5 N–H and O–H groups in total. The van der Waals surface area contributed by atoms with Crippen molar-refractivity contribution in [2.75, 3.05) is 34.4 Å². The summed E-state index contributed by atoms with van der Waals surface area (Å²) in [4.78, 5) is 10.0. The summed E-state index contributed by atoms with van der Waals surface area (Å²) >= 11 is 0. The topological polar surface area (TPSA) is 112 Å². The highest BCUT2D eigenvalue weighted by molar-refractivity contribution is 5.70. The molecule has 0 radical (unpaired) electrons. The van der Waals surface area contributed by atoms with Crippen molar-refractivity contribution in [1.82, 2.24) is 0 Å². The van der Waals surface area contributed by atoms with E-state index < -0.39 is 12.0 Å². The van der Waals surface area contributed by atoms with Crippen LogP contribution in [0.4, 0.5) is 0 Å². The minimum Gasteiger partial charge on any atom is -0.548 e. The Morgan fingerprint density at radius 2 is 1.81 bits per heavy atom. The Balaban J connectivity index is 0. The smallest absolute Gasteiger partial charge is 0.179 e. The van der Waals surface area contributed by atoms with E-state index in [1.54, 1.807) is 0 Å². The number of aliphatic hydroxyl groups excluding tert-OH is 1. The maximum atomic E-state index is 10.0. The van der Waals surface area contributed by atoms with Gasteiger partial charge < -0.3 is 31.0 Å². The van der Waals surface area contributed by atoms with Crippen molar-refractivity contribution in [1.29, 1.82) is 0 Å². The highest BCUT2D eigenvalue weighted by Crippen LogP contribution is 1.95. The molecule has 0 bridgehead atoms. The molecule has 1 atom stereocenters. The van der Waals surface area contributed by atoms with Gasteiger partial charge in [-0.1, -0.05) is 6.42 Å². The number of carboxylic acids is 1. The monoisotopic (exact) mass is 235 g/mol. The average molecular weight is 235 g/mol. The summed E-state index contributed by atoms with van der Waals surface area (Å²) < 4.78 is 0.625. The second-order valence-electron chi connectivity index (χ2n) is 4.64. The standard InChI is InChI=1S/C6H14N2O2.C4H12NO/c7-4-2-1-3-5(8)6(9)10;1-5(2,3)4-6/h5H,1-4,7-8H2,(H,9,10);6H,4H2,1-3H3/q;+1/p-1/t5-;/m0./s1. The molecule has 6 heteroatoms. The van der Waals surface area contributed by atoms with E-state index >= 15 is 0 Å². The van der Waals surface area contributed by atoms with E-state index in [1.807, 2.05) is 21.1 Å². The van der Waals surface area contributed by atoms with Gasteiger partial charge in [0.15, 0.2) is 6.73 Å². The Kier molecular flexibility index (Phi) is 10.5. The number of unbranched alkanes of at least 4 members (excludes halogenated alkanes) is 1. The summed E-state index contributed by atoms with van der Waals surface area (Å²) in [5, 5.41) is 18.4. The minimum absolute atomic E-state index is 0.208. The maximum absolute atomic E-state index is 10.0. The van der Waals surface area contributed by atoms with E-state index in [0.29, 0.717) is 17.4 Å². The van der Waals surface area contributed by atoms with Crippen LogP contribution in [0.1, 0.15) is 19.3 Å². The number of carbonyl (C=O) groups is 1. The molecule has 0 aliphatic rings. The maximum Gasteiger partial charge on any atom is 0.179 e. The van der Waals surface area contributed by atoms with Gasteiger partial charge in [0.05, 0.1) is 27.1 Å². The summed E-state index contributed by atoms with van der Waals surface area (Å²) in [6.07, 6.45) is 2.03.